The van der Waals surface area contributed by atoms with Crippen LogP contribution >= 0.6 is 11.6 Å². The molecule has 1 aromatic carbocycles. The molecule has 0 atom stereocenters. The number of halogens is 1. The number of hydrogen-bond donors (Lipinski definition) is 1. The number of hydrogen-bond acceptors (Lipinski definition) is 5. The van der Waals surface area contributed by atoms with Gasteiger partial charge in [-0.1, -0.05) is 11.6 Å². The van der Waals surface area contributed by atoms with Crippen LogP contribution in [-0.2, 0) is 0 Å². The van der Waals surface area contributed by atoms with E-state index >= 15 is 0 Å². The van der Waals surface area contributed by atoms with Gasteiger partial charge in [0.1, 0.15) is 6.07 Å². The summed E-state index contributed by atoms with van der Waals surface area (Å²) >= 11 is 5.82. The van der Waals surface area contributed by atoms with Crippen LogP contribution in [-0.4, -0.2) is 9.97 Å². The Morgan fingerprint density at radius 3 is 2.82 bits per heavy atom. The highest BCUT2D eigenvalue weighted by Crippen LogP contribution is 2.29. The van der Waals surface area contributed by atoms with Crippen molar-refractivity contribution < 1.29 is 4.74 Å². The van der Waals surface area contributed by atoms with Crippen LogP contribution in [0.1, 0.15) is 5.69 Å². The van der Waals surface area contributed by atoms with Gasteiger partial charge in [-0.3, -0.25) is 0 Å². The number of nitrogen functional groups attached to an aromatic ring is 1. The molecule has 0 aliphatic rings. The maximum atomic E-state index is 8.83. The maximum absolute atomic E-state index is 8.83. The molecule has 1 heterocycles. The fourth-order valence-electron chi connectivity index (χ4n) is 1.18. The fourth-order valence-corrected chi connectivity index (χ4v) is 1.34. The molecule has 0 spiro atoms. The Bertz CT molecular complexity index is 594. The number of nitrogens with two attached hydrogens (primary N) is 1. The van der Waals surface area contributed by atoms with Gasteiger partial charge in [0.25, 0.3) is 5.88 Å². The van der Waals surface area contributed by atoms with Gasteiger partial charge in [0, 0.05) is 23.5 Å². The number of nitrogens with zero attached hydrogens (tertiary/aromatic N) is 3. The van der Waals surface area contributed by atoms with E-state index in [4.69, 9.17) is 27.3 Å². The Hall–Kier alpha value is -2.32. The molecule has 0 radical (unpaired) electrons. The summed E-state index contributed by atoms with van der Waals surface area (Å²) in [5.74, 6) is 0.443. The first-order valence-electron chi connectivity index (χ1n) is 4.64. The van der Waals surface area contributed by atoms with E-state index in [2.05, 4.69) is 9.97 Å². The zero-order valence-electron chi connectivity index (χ0n) is 8.59. The van der Waals surface area contributed by atoms with Crippen LogP contribution in [0.3, 0.4) is 0 Å². The number of anilines is 1. The molecule has 0 aliphatic carbocycles. The monoisotopic (exact) mass is 246 g/mol. The predicted molar refractivity (Wildman–Crippen MR) is 62.7 cm³/mol. The van der Waals surface area contributed by atoms with Crippen LogP contribution in [0.4, 0.5) is 5.69 Å². The van der Waals surface area contributed by atoms with Crippen LogP contribution in [0, 0.1) is 11.3 Å². The summed E-state index contributed by atoms with van der Waals surface area (Å²) in [6.07, 6.45) is 2.84. The highest BCUT2D eigenvalue weighted by Gasteiger charge is 2.09. The van der Waals surface area contributed by atoms with Gasteiger partial charge in [0.05, 0.1) is 5.69 Å². The highest BCUT2D eigenvalue weighted by atomic mass is 35.5. The molecule has 0 aliphatic heterocycles. The van der Waals surface area contributed by atoms with Gasteiger partial charge in [0.2, 0.25) is 5.69 Å². The van der Waals surface area contributed by atoms with Crippen molar-refractivity contribution in [2.45, 2.75) is 0 Å². The van der Waals surface area contributed by atoms with Crippen LogP contribution < -0.4 is 10.5 Å². The Kier molecular flexibility index (Phi) is 3.08. The third-order valence-electron chi connectivity index (χ3n) is 1.95. The van der Waals surface area contributed by atoms with Crippen molar-refractivity contribution >= 4 is 17.3 Å². The molecule has 2 aromatic rings. The SMILES string of the molecule is N#Cc1nccnc1Oc1cc(Cl)ccc1N. The van der Waals surface area contributed by atoms with Crippen LogP contribution in [0.25, 0.3) is 0 Å². The van der Waals surface area contributed by atoms with Gasteiger partial charge in [-0.15, -0.1) is 0 Å². The van der Waals surface area contributed by atoms with Gasteiger partial charge in [-0.2, -0.15) is 5.26 Å². The standard InChI is InChI=1S/C11H7ClN4O/c12-7-1-2-8(14)10(5-7)17-11-9(6-13)15-3-4-16-11/h1-5H,14H2. The summed E-state index contributed by atoms with van der Waals surface area (Å²) in [5.41, 5.74) is 6.21. The van der Waals surface area contributed by atoms with E-state index in [0.717, 1.165) is 0 Å². The smallest absolute Gasteiger partial charge is 0.256 e. The van der Waals surface area contributed by atoms with Gasteiger partial charge >= 0.3 is 0 Å². The molecular formula is C11H7ClN4O. The maximum Gasteiger partial charge on any atom is 0.256 e. The van der Waals surface area contributed by atoms with Gasteiger partial charge < -0.3 is 10.5 Å². The van der Waals surface area contributed by atoms with E-state index in [0.29, 0.717) is 16.5 Å². The number of aromatic nitrogens is 2. The van der Waals surface area contributed by atoms with Crippen molar-refractivity contribution in [3.05, 3.63) is 41.3 Å². The lowest BCUT2D eigenvalue weighted by Gasteiger charge is -2.07. The highest BCUT2D eigenvalue weighted by molar-refractivity contribution is 6.30. The lowest BCUT2D eigenvalue weighted by Crippen LogP contribution is -1.97. The van der Waals surface area contributed by atoms with Gasteiger partial charge in [-0.05, 0) is 12.1 Å². The minimum Gasteiger partial charge on any atom is -0.434 e. The Morgan fingerprint density at radius 2 is 2.06 bits per heavy atom. The third-order valence-corrected chi connectivity index (χ3v) is 2.19. The summed E-state index contributed by atoms with van der Waals surface area (Å²) in [6, 6.07) is 6.68. The van der Waals surface area contributed by atoms with Crippen molar-refractivity contribution in [1.29, 1.82) is 5.26 Å². The van der Waals surface area contributed by atoms with E-state index in [1.54, 1.807) is 18.2 Å². The number of rotatable bonds is 2. The normalized spacial score (nSPS) is 9.65. The summed E-state index contributed by atoms with van der Waals surface area (Å²) in [4.78, 5) is 7.73. The summed E-state index contributed by atoms with van der Waals surface area (Å²) in [7, 11) is 0. The summed E-state index contributed by atoms with van der Waals surface area (Å²) in [5, 5.41) is 9.31. The summed E-state index contributed by atoms with van der Waals surface area (Å²) in [6.45, 7) is 0. The molecule has 2 N–H and O–H groups in total. The van der Waals surface area contributed by atoms with Crippen LogP contribution in [0.2, 0.25) is 5.02 Å². The molecule has 0 saturated heterocycles. The van der Waals surface area contributed by atoms with Crippen molar-refractivity contribution in [3.63, 3.8) is 0 Å². The Morgan fingerprint density at radius 1 is 1.29 bits per heavy atom. The quantitative estimate of drug-likeness (QED) is 0.823. The largest absolute Gasteiger partial charge is 0.434 e. The van der Waals surface area contributed by atoms with Crippen molar-refractivity contribution in [2.75, 3.05) is 5.73 Å². The first kappa shape index (κ1) is 11.2. The fraction of sp³-hybridized carbons (Fsp3) is 0. The second kappa shape index (κ2) is 4.68. The minimum absolute atomic E-state index is 0.0897. The van der Waals surface area contributed by atoms with Crippen LogP contribution in [0.15, 0.2) is 30.6 Å². The zero-order chi connectivity index (χ0) is 12.3. The second-order valence-electron chi connectivity index (χ2n) is 3.11. The molecule has 17 heavy (non-hydrogen) atoms. The van der Waals surface area contributed by atoms with Crippen molar-refractivity contribution in [3.8, 4) is 17.7 Å². The Labute approximate surface area is 102 Å². The number of benzene rings is 1. The number of ether oxygens (including phenoxy) is 1. The molecular weight excluding hydrogens is 240 g/mol. The summed E-state index contributed by atoms with van der Waals surface area (Å²) < 4.78 is 5.41. The average molecular weight is 247 g/mol. The lowest BCUT2D eigenvalue weighted by atomic mass is 10.3. The van der Waals surface area contributed by atoms with Crippen molar-refractivity contribution in [1.82, 2.24) is 9.97 Å². The van der Waals surface area contributed by atoms with E-state index in [9.17, 15) is 0 Å². The second-order valence-corrected chi connectivity index (χ2v) is 3.54. The van der Waals surface area contributed by atoms with Crippen molar-refractivity contribution in [2.24, 2.45) is 0 Å². The van der Waals surface area contributed by atoms with Gasteiger partial charge in [-0.25, -0.2) is 9.97 Å². The average Bonchev–Trinajstić information content (AvgIpc) is 2.34. The predicted octanol–water partition coefficient (Wildman–Crippen LogP) is 2.38. The molecule has 5 nitrogen and oxygen atoms in total. The molecule has 0 fully saturated rings. The zero-order valence-corrected chi connectivity index (χ0v) is 9.35. The molecule has 0 bridgehead atoms. The molecule has 6 heteroatoms. The van der Waals surface area contributed by atoms with E-state index in [-0.39, 0.29) is 11.6 Å². The topological polar surface area (TPSA) is 84.8 Å². The molecule has 2 rings (SSSR count). The lowest BCUT2D eigenvalue weighted by molar-refractivity contribution is 0.460. The molecule has 84 valence electrons. The number of nitriles is 1. The molecule has 1 aromatic heterocycles. The van der Waals surface area contributed by atoms with E-state index in [1.807, 2.05) is 6.07 Å². The third kappa shape index (κ3) is 2.44. The molecule has 0 saturated carbocycles. The van der Waals surface area contributed by atoms with Crippen LogP contribution in [0.5, 0.6) is 11.6 Å². The van der Waals surface area contributed by atoms with E-state index in [1.165, 1.54) is 12.4 Å². The first-order chi connectivity index (χ1) is 8.20. The molecule has 0 unspecified atom stereocenters. The van der Waals surface area contributed by atoms with Gasteiger partial charge in [0.15, 0.2) is 5.75 Å². The first-order valence-corrected chi connectivity index (χ1v) is 5.02. The Balaban J connectivity index is 2.38. The van der Waals surface area contributed by atoms with E-state index < -0.39 is 0 Å². The molecule has 0 amide bonds. The minimum atomic E-state index is 0.0897.